The predicted octanol–water partition coefficient (Wildman–Crippen LogP) is 4.19. The SMILES string of the molecule is CCOC(=O)C12C(=O)N(Cc3ccccc3)CC1C2(c1ccccc1)c1ccccc1. The van der Waals surface area contributed by atoms with Gasteiger partial charge in [0.15, 0.2) is 5.41 Å². The highest BCUT2D eigenvalue weighted by molar-refractivity contribution is 6.13. The average Bonchev–Trinajstić information content (AvgIpc) is 3.33. The Balaban J connectivity index is 1.64. The highest BCUT2D eigenvalue weighted by atomic mass is 16.5. The summed E-state index contributed by atoms with van der Waals surface area (Å²) in [6, 6.07) is 29.8. The lowest BCUT2D eigenvalue weighted by Gasteiger charge is -2.31. The first kappa shape index (κ1) is 19.6. The maximum Gasteiger partial charge on any atom is 0.323 e. The van der Waals surface area contributed by atoms with Crippen LogP contribution in [0.3, 0.4) is 0 Å². The first-order valence-corrected chi connectivity index (χ1v) is 10.8. The molecule has 4 nitrogen and oxygen atoms in total. The molecule has 1 saturated carbocycles. The van der Waals surface area contributed by atoms with Gasteiger partial charge in [0.05, 0.1) is 12.0 Å². The van der Waals surface area contributed by atoms with E-state index in [1.165, 1.54) is 0 Å². The summed E-state index contributed by atoms with van der Waals surface area (Å²) < 4.78 is 5.55. The molecule has 3 aromatic rings. The van der Waals surface area contributed by atoms with E-state index in [9.17, 15) is 9.59 Å². The van der Waals surface area contributed by atoms with Gasteiger partial charge in [-0.2, -0.15) is 0 Å². The summed E-state index contributed by atoms with van der Waals surface area (Å²) in [5, 5.41) is 0. The minimum absolute atomic E-state index is 0.132. The number of piperidine rings is 1. The van der Waals surface area contributed by atoms with Gasteiger partial charge in [-0.25, -0.2) is 0 Å². The van der Waals surface area contributed by atoms with E-state index in [-0.39, 0.29) is 18.4 Å². The summed E-state index contributed by atoms with van der Waals surface area (Å²) in [6.07, 6.45) is 0. The van der Waals surface area contributed by atoms with Crippen LogP contribution in [0.2, 0.25) is 0 Å². The molecule has 2 atom stereocenters. The summed E-state index contributed by atoms with van der Waals surface area (Å²) in [5.74, 6) is -0.708. The Morgan fingerprint density at radius 3 is 1.94 bits per heavy atom. The van der Waals surface area contributed by atoms with E-state index < -0.39 is 16.8 Å². The summed E-state index contributed by atoms with van der Waals surface area (Å²) in [5.41, 5.74) is 1.12. The van der Waals surface area contributed by atoms with Crippen LogP contribution < -0.4 is 0 Å². The molecule has 31 heavy (non-hydrogen) atoms. The Bertz CT molecular complexity index is 1060. The van der Waals surface area contributed by atoms with Gasteiger partial charge in [0.2, 0.25) is 5.91 Å². The van der Waals surface area contributed by atoms with Gasteiger partial charge in [-0.05, 0) is 23.6 Å². The summed E-state index contributed by atoms with van der Waals surface area (Å²) >= 11 is 0. The van der Waals surface area contributed by atoms with Crippen molar-refractivity contribution in [1.82, 2.24) is 4.90 Å². The number of esters is 1. The van der Waals surface area contributed by atoms with Crippen LogP contribution in [0.15, 0.2) is 91.0 Å². The maximum absolute atomic E-state index is 14.0. The Morgan fingerprint density at radius 1 is 0.903 bits per heavy atom. The molecule has 3 aromatic carbocycles. The molecule has 0 bridgehead atoms. The van der Waals surface area contributed by atoms with Crippen molar-refractivity contribution in [2.75, 3.05) is 13.2 Å². The van der Waals surface area contributed by atoms with Crippen molar-refractivity contribution in [2.24, 2.45) is 11.3 Å². The monoisotopic (exact) mass is 411 g/mol. The van der Waals surface area contributed by atoms with Gasteiger partial charge in [-0.1, -0.05) is 91.0 Å². The van der Waals surface area contributed by atoms with Crippen LogP contribution in [0.25, 0.3) is 0 Å². The molecule has 1 aliphatic heterocycles. The number of rotatable bonds is 6. The highest BCUT2D eigenvalue weighted by Gasteiger charge is 2.89. The molecule has 1 aliphatic carbocycles. The molecule has 5 rings (SSSR count). The zero-order chi connectivity index (χ0) is 21.5. The number of benzene rings is 3. The molecule has 2 aliphatic rings. The standard InChI is InChI=1S/C27H25NO3/c1-2-31-25(30)27-23(19-28(24(27)29)18-20-12-6-3-7-13-20)26(27,21-14-8-4-9-15-21)22-16-10-5-11-17-22/h3-17,23H,2,18-19H2,1H3. The Labute approximate surface area is 182 Å². The number of fused-ring (bicyclic) bond motifs is 1. The Kier molecular flexibility index (Phi) is 4.66. The lowest BCUT2D eigenvalue weighted by Crippen LogP contribution is -2.43. The van der Waals surface area contributed by atoms with E-state index in [0.717, 1.165) is 16.7 Å². The van der Waals surface area contributed by atoms with Crippen LogP contribution in [0, 0.1) is 11.3 Å². The van der Waals surface area contributed by atoms with E-state index >= 15 is 0 Å². The van der Waals surface area contributed by atoms with Crippen molar-refractivity contribution in [3.05, 3.63) is 108 Å². The minimum Gasteiger partial charge on any atom is -0.465 e. The zero-order valence-electron chi connectivity index (χ0n) is 17.5. The maximum atomic E-state index is 14.0. The number of likely N-dealkylation sites (tertiary alicyclic amines) is 1. The Morgan fingerprint density at radius 2 is 1.42 bits per heavy atom. The molecule has 4 heteroatoms. The summed E-state index contributed by atoms with van der Waals surface area (Å²) in [7, 11) is 0. The van der Waals surface area contributed by atoms with Crippen LogP contribution in [-0.4, -0.2) is 29.9 Å². The lowest BCUT2D eigenvalue weighted by molar-refractivity contribution is -0.157. The normalized spacial score (nSPS) is 23.3. The molecule has 0 radical (unpaired) electrons. The smallest absolute Gasteiger partial charge is 0.323 e. The Hall–Kier alpha value is -3.40. The van der Waals surface area contributed by atoms with Crippen molar-refractivity contribution in [3.63, 3.8) is 0 Å². The first-order chi connectivity index (χ1) is 15.2. The van der Waals surface area contributed by atoms with Gasteiger partial charge in [0, 0.05) is 19.0 Å². The van der Waals surface area contributed by atoms with Crippen LogP contribution in [0.4, 0.5) is 0 Å². The molecule has 0 N–H and O–H groups in total. The number of hydrogen-bond acceptors (Lipinski definition) is 3. The van der Waals surface area contributed by atoms with Gasteiger partial charge in [-0.15, -0.1) is 0 Å². The molecule has 1 amide bonds. The third kappa shape index (κ3) is 2.61. The van der Waals surface area contributed by atoms with Gasteiger partial charge in [-0.3, -0.25) is 9.59 Å². The van der Waals surface area contributed by atoms with Gasteiger partial charge in [0.1, 0.15) is 0 Å². The summed E-state index contributed by atoms with van der Waals surface area (Å²) in [6.45, 7) is 3.06. The summed E-state index contributed by atoms with van der Waals surface area (Å²) in [4.78, 5) is 29.3. The van der Waals surface area contributed by atoms with E-state index in [0.29, 0.717) is 13.1 Å². The van der Waals surface area contributed by atoms with E-state index in [1.807, 2.05) is 95.9 Å². The van der Waals surface area contributed by atoms with Crippen molar-refractivity contribution >= 4 is 11.9 Å². The van der Waals surface area contributed by atoms with Crippen LogP contribution in [0.1, 0.15) is 23.6 Å². The molecule has 2 fully saturated rings. The molecule has 1 saturated heterocycles. The van der Waals surface area contributed by atoms with Gasteiger partial charge >= 0.3 is 5.97 Å². The number of ether oxygens (including phenoxy) is 1. The minimum atomic E-state index is -1.22. The molecular weight excluding hydrogens is 386 g/mol. The third-order valence-corrected chi connectivity index (χ3v) is 6.88. The second-order valence-electron chi connectivity index (χ2n) is 8.29. The highest BCUT2D eigenvalue weighted by Crippen LogP contribution is 2.76. The lowest BCUT2D eigenvalue weighted by atomic mass is 9.78. The molecule has 2 unspecified atom stereocenters. The van der Waals surface area contributed by atoms with Crippen LogP contribution in [0.5, 0.6) is 0 Å². The van der Waals surface area contributed by atoms with E-state index in [2.05, 4.69) is 0 Å². The second-order valence-corrected chi connectivity index (χ2v) is 8.29. The fourth-order valence-corrected chi connectivity index (χ4v) is 5.70. The number of nitrogens with zero attached hydrogens (tertiary/aromatic N) is 1. The van der Waals surface area contributed by atoms with Crippen molar-refractivity contribution in [1.29, 1.82) is 0 Å². The molecule has 1 heterocycles. The van der Waals surface area contributed by atoms with Crippen LogP contribution in [-0.2, 0) is 26.3 Å². The van der Waals surface area contributed by atoms with Gasteiger partial charge in [0.25, 0.3) is 0 Å². The largest absolute Gasteiger partial charge is 0.465 e. The molecule has 156 valence electrons. The molecule has 0 aromatic heterocycles. The topological polar surface area (TPSA) is 46.6 Å². The second kappa shape index (κ2) is 7.38. The van der Waals surface area contributed by atoms with Crippen molar-refractivity contribution in [2.45, 2.75) is 18.9 Å². The van der Waals surface area contributed by atoms with Crippen molar-refractivity contribution < 1.29 is 14.3 Å². The number of carbonyl (C=O) groups excluding carboxylic acids is 2. The number of amides is 1. The number of carbonyl (C=O) groups is 2. The van der Waals surface area contributed by atoms with Gasteiger partial charge < -0.3 is 9.64 Å². The van der Waals surface area contributed by atoms with Crippen molar-refractivity contribution in [3.8, 4) is 0 Å². The first-order valence-electron chi connectivity index (χ1n) is 10.8. The average molecular weight is 412 g/mol. The van der Waals surface area contributed by atoms with E-state index in [4.69, 9.17) is 4.74 Å². The number of hydrogen-bond donors (Lipinski definition) is 0. The third-order valence-electron chi connectivity index (χ3n) is 6.88. The predicted molar refractivity (Wildman–Crippen MR) is 118 cm³/mol. The fourth-order valence-electron chi connectivity index (χ4n) is 5.70. The van der Waals surface area contributed by atoms with E-state index in [1.54, 1.807) is 6.92 Å². The zero-order valence-corrected chi connectivity index (χ0v) is 17.5. The molecular formula is C27H25NO3. The molecule has 0 spiro atoms. The quantitative estimate of drug-likeness (QED) is 0.451. The van der Waals surface area contributed by atoms with Crippen LogP contribution >= 0.6 is 0 Å². The fraction of sp³-hybridized carbons (Fsp3) is 0.259.